The largest absolute Gasteiger partial charge is 0.478 e. The molecule has 0 aliphatic carbocycles. The summed E-state index contributed by atoms with van der Waals surface area (Å²) in [4.78, 5) is 24.9. The Morgan fingerprint density at radius 2 is 1.90 bits per heavy atom. The van der Waals surface area contributed by atoms with Gasteiger partial charge in [0, 0.05) is 32.0 Å². The quantitative estimate of drug-likeness (QED) is 0.927. The average molecular weight is 272 g/mol. The third-order valence-electron chi connectivity index (χ3n) is 3.11. The van der Waals surface area contributed by atoms with E-state index in [2.05, 4.69) is 0 Å². The zero-order valence-corrected chi connectivity index (χ0v) is 11.6. The monoisotopic (exact) mass is 272 g/mol. The second-order valence-electron chi connectivity index (χ2n) is 4.80. The van der Waals surface area contributed by atoms with Crippen molar-refractivity contribution in [2.75, 3.05) is 19.0 Å². The fraction of sp³-hybridized carbons (Fsp3) is 0.200. The van der Waals surface area contributed by atoms with Crippen molar-refractivity contribution in [1.82, 2.24) is 4.57 Å². The van der Waals surface area contributed by atoms with E-state index < -0.39 is 5.97 Å². The highest BCUT2D eigenvalue weighted by Crippen LogP contribution is 2.21. The van der Waals surface area contributed by atoms with Gasteiger partial charge in [0.15, 0.2) is 0 Å². The summed E-state index contributed by atoms with van der Waals surface area (Å²) in [6.45, 7) is 1.98. The molecule has 104 valence electrons. The van der Waals surface area contributed by atoms with E-state index in [0.29, 0.717) is 5.69 Å². The highest BCUT2D eigenvalue weighted by molar-refractivity contribution is 5.87. The van der Waals surface area contributed by atoms with Gasteiger partial charge in [-0.1, -0.05) is 6.07 Å². The molecule has 20 heavy (non-hydrogen) atoms. The van der Waals surface area contributed by atoms with Crippen LogP contribution in [0.4, 0.5) is 5.69 Å². The molecule has 0 atom stereocenters. The van der Waals surface area contributed by atoms with E-state index in [-0.39, 0.29) is 11.1 Å². The minimum absolute atomic E-state index is 0.0802. The van der Waals surface area contributed by atoms with Crippen LogP contribution in [0, 0.1) is 6.92 Å². The van der Waals surface area contributed by atoms with Crippen molar-refractivity contribution in [3.8, 4) is 5.69 Å². The molecule has 0 spiro atoms. The number of pyridine rings is 1. The number of nitrogens with zero attached hydrogens (tertiary/aromatic N) is 2. The standard InChI is InChI=1S/C15H16N2O3/c1-10-4-6-12(8-13(10)16(2)3)17-9-11(15(19)20)5-7-14(17)18/h4-9H,1-3H3,(H,19,20). The summed E-state index contributed by atoms with van der Waals surface area (Å²) < 4.78 is 1.34. The SMILES string of the molecule is Cc1ccc(-n2cc(C(=O)O)ccc2=O)cc1N(C)C. The molecule has 0 fully saturated rings. The van der Waals surface area contributed by atoms with Crippen molar-refractivity contribution in [2.45, 2.75) is 6.92 Å². The molecule has 1 N–H and O–H groups in total. The lowest BCUT2D eigenvalue weighted by atomic mass is 10.1. The van der Waals surface area contributed by atoms with Gasteiger partial charge in [-0.15, -0.1) is 0 Å². The van der Waals surface area contributed by atoms with Crippen LogP contribution in [0.1, 0.15) is 15.9 Å². The van der Waals surface area contributed by atoms with Gasteiger partial charge in [-0.3, -0.25) is 9.36 Å². The molecule has 0 radical (unpaired) electrons. The predicted molar refractivity (Wildman–Crippen MR) is 78.1 cm³/mol. The third-order valence-corrected chi connectivity index (χ3v) is 3.11. The second-order valence-corrected chi connectivity index (χ2v) is 4.80. The van der Waals surface area contributed by atoms with Crippen molar-refractivity contribution < 1.29 is 9.90 Å². The van der Waals surface area contributed by atoms with E-state index >= 15 is 0 Å². The lowest BCUT2D eigenvalue weighted by Gasteiger charge is -2.17. The molecule has 5 nitrogen and oxygen atoms in total. The number of hydrogen-bond donors (Lipinski definition) is 1. The van der Waals surface area contributed by atoms with Gasteiger partial charge in [0.2, 0.25) is 0 Å². The van der Waals surface area contributed by atoms with Gasteiger partial charge in [0.05, 0.1) is 11.3 Å². The third kappa shape index (κ3) is 2.56. The lowest BCUT2D eigenvalue weighted by Crippen LogP contribution is -2.19. The van der Waals surface area contributed by atoms with E-state index in [1.807, 2.05) is 38.1 Å². The summed E-state index contributed by atoms with van der Waals surface area (Å²) in [7, 11) is 3.84. The van der Waals surface area contributed by atoms with Crippen LogP contribution in [0.15, 0.2) is 41.3 Å². The number of rotatable bonds is 3. The van der Waals surface area contributed by atoms with Crippen molar-refractivity contribution in [2.24, 2.45) is 0 Å². The van der Waals surface area contributed by atoms with Crippen LogP contribution >= 0.6 is 0 Å². The van der Waals surface area contributed by atoms with Crippen LogP contribution in [-0.4, -0.2) is 29.7 Å². The van der Waals surface area contributed by atoms with Crippen LogP contribution in [0.3, 0.4) is 0 Å². The Bertz CT molecular complexity index is 717. The first-order valence-corrected chi connectivity index (χ1v) is 6.14. The fourth-order valence-corrected chi connectivity index (χ4v) is 2.04. The molecule has 2 aromatic rings. The predicted octanol–water partition coefficient (Wildman–Crippen LogP) is 1.91. The molecule has 0 saturated heterocycles. The Labute approximate surface area is 116 Å². The van der Waals surface area contributed by atoms with Gasteiger partial charge in [0.25, 0.3) is 5.56 Å². The molecule has 0 amide bonds. The Morgan fingerprint density at radius 1 is 1.20 bits per heavy atom. The first-order valence-electron chi connectivity index (χ1n) is 6.14. The summed E-state index contributed by atoms with van der Waals surface area (Å²) >= 11 is 0. The summed E-state index contributed by atoms with van der Waals surface area (Å²) in [5, 5.41) is 9.01. The van der Waals surface area contributed by atoms with E-state index in [0.717, 1.165) is 11.3 Å². The first kappa shape index (κ1) is 13.9. The number of hydrogen-bond acceptors (Lipinski definition) is 3. The fourth-order valence-electron chi connectivity index (χ4n) is 2.04. The Balaban J connectivity index is 2.62. The van der Waals surface area contributed by atoms with E-state index in [4.69, 9.17) is 5.11 Å². The highest BCUT2D eigenvalue weighted by Gasteiger charge is 2.09. The van der Waals surface area contributed by atoms with Crippen molar-refractivity contribution in [1.29, 1.82) is 0 Å². The number of carbonyl (C=O) groups is 1. The number of anilines is 1. The van der Waals surface area contributed by atoms with E-state index in [9.17, 15) is 9.59 Å². The number of aryl methyl sites for hydroxylation is 1. The number of carboxylic acid groups (broad SMARTS) is 1. The van der Waals surface area contributed by atoms with Gasteiger partial charge in [-0.2, -0.15) is 0 Å². The maximum Gasteiger partial charge on any atom is 0.337 e. The zero-order chi connectivity index (χ0) is 14.9. The van der Waals surface area contributed by atoms with Crippen LogP contribution in [0.2, 0.25) is 0 Å². The minimum Gasteiger partial charge on any atom is -0.478 e. The lowest BCUT2D eigenvalue weighted by molar-refractivity contribution is 0.0696. The number of aromatic carboxylic acids is 1. The molecule has 0 saturated carbocycles. The zero-order valence-electron chi connectivity index (χ0n) is 11.6. The van der Waals surface area contributed by atoms with Crippen molar-refractivity contribution in [3.05, 3.63) is 58.0 Å². The molecule has 1 aromatic heterocycles. The smallest absolute Gasteiger partial charge is 0.337 e. The van der Waals surface area contributed by atoms with Gasteiger partial charge in [-0.05, 0) is 30.7 Å². The normalized spacial score (nSPS) is 10.3. The minimum atomic E-state index is -1.06. The van der Waals surface area contributed by atoms with E-state index in [1.165, 1.54) is 22.9 Å². The van der Waals surface area contributed by atoms with Gasteiger partial charge < -0.3 is 10.0 Å². The molecule has 0 aliphatic heterocycles. The van der Waals surface area contributed by atoms with Crippen LogP contribution in [-0.2, 0) is 0 Å². The van der Waals surface area contributed by atoms with Crippen LogP contribution in [0.25, 0.3) is 5.69 Å². The van der Waals surface area contributed by atoms with E-state index in [1.54, 1.807) is 6.07 Å². The van der Waals surface area contributed by atoms with Crippen molar-refractivity contribution >= 4 is 11.7 Å². The Kier molecular flexibility index (Phi) is 3.61. The molecule has 0 bridgehead atoms. The first-order chi connectivity index (χ1) is 9.40. The van der Waals surface area contributed by atoms with Crippen molar-refractivity contribution in [3.63, 3.8) is 0 Å². The molecule has 5 heteroatoms. The summed E-state index contributed by atoms with van der Waals surface area (Å²) in [5.41, 5.74) is 2.53. The van der Waals surface area contributed by atoms with Crippen LogP contribution in [0.5, 0.6) is 0 Å². The molecule has 0 aliphatic rings. The molecule has 2 rings (SSSR count). The Hall–Kier alpha value is -2.56. The molecular weight excluding hydrogens is 256 g/mol. The summed E-state index contributed by atoms with van der Waals surface area (Å²) in [6, 6.07) is 8.14. The maximum atomic E-state index is 11.9. The van der Waals surface area contributed by atoms with Crippen LogP contribution < -0.4 is 10.5 Å². The number of carboxylic acids is 1. The van der Waals surface area contributed by atoms with Gasteiger partial charge in [-0.25, -0.2) is 4.79 Å². The number of benzene rings is 1. The van der Waals surface area contributed by atoms with Gasteiger partial charge >= 0.3 is 5.97 Å². The average Bonchev–Trinajstić information content (AvgIpc) is 2.39. The molecular formula is C15H16N2O3. The summed E-state index contributed by atoms with van der Waals surface area (Å²) in [6.07, 6.45) is 1.34. The Morgan fingerprint density at radius 3 is 2.50 bits per heavy atom. The second kappa shape index (κ2) is 5.21. The molecule has 0 unspecified atom stereocenters. The topological polar surface area (TPSA) is 62.5 Å². The molecule has 1 aromatic carbocycles. The maximum absolute atomic E-state index is 11.9. The summed E-state index contributed by atoms with van der Waals surface area (Å²) in [5.74, 6) is -1.06. The van der Waals surface area contributed by atoms with Gasteiger partial charge in [0.1, 0.15) is 0 Å². The molecule has 1 heterocycles. The highest BCUT2D eigenvalue weighted by atomic mass is 16.4. The number of aromatic nitrogens is 1.